The van der Waals surface area contributed by atoms with E-state index in [1.807, 2.05) is 48.5 Å². The SMILES string of the molecule is O=C(N[C@@H](CCc1ccccc1)C(=O)Oc1c(F)c(F)c(F)c(F)c1F)OCC1c2ccccc2-c2ccccc21. The Bertz CT molecular complexity index is 1540. The fraction of sp³-hybridized carbons (Fsp3) is 0.161. The van der Waals surface area contributed by atoms with Gasteiger partial charge in [0.2, 0.25) is 34.8 Å². The lowest BCUT2D eigenvalue weighted by molar-refractivity contribution is -0.137. The van der Waals surface area contributed by atoms with E-state index in [0.717, 1.165) is 27.8 Å². The number of alkyl carbamates (subject to hydrolysis) is 1. The average Bonchev–Trinajstić information content (AvgIpc) is 3.32. The number of aryl methyl sites for hydroxylation is 1. The molecule has 0 aromatic heterocycles. The molecule has 0 heterocycles. The van der Waals surface area contributed by atoms with E-state index in [1.54, 1.807) is 30.3 Å². The molecule has 41 heavy (non-hydrogen) atoms. The number of rotatable bonds is 8. The lowest BCUT2D eigenvalue weighted by atomic mass is 9.98. The summed E-state index contributed by atoms with van der Waals surface area (Å²) in [6, 6.07) is 22.5. The standard InChI is InChI=1S/C31H22F5NO4/c32-24-25(33)27(35)29(28(36)26(24)34)41-30(38)23(15-14-17-8-2-1-3-9-17)37-31(39)40-16-22-20-12-6-4-10-18(20)19-11-5-7-13-21(19)22/h1-13,22-23H,14-16H2,(H,37,39)/t23-/m0/s1. The predicted molar refractivity (Wildman–Crippen MR) is 139 cm³/mol. The molecule has 0 bridgehead atoms. The maximum absolute atomic E-state index is 14.2. The number of amides is 1. The number of hydrogen-bond donors (Lipinski definition) is 1. The Balaban J connectivity index is 1.33. The molecule has 5 nitrogen and oxygen atoms in total. The third-order valence-corrected chi connectivity index (χ3v) is 6.86. The summed E-state index contributed by atoms with van der Waals surface area (Å²) in [6.45, 7) is -0.0854. The van der Waals surface area contributed by atoms with Gasteiger partial charge in [0.1, 0.15) is 12.6 Å². The molecular weight excluding hydrogens is 545 g/mol. The molecule has 4 aromatic carbocycles. The van der Waals surface area contributed by atoms with Gasteiger partial charge < -0.3 is 14.8 Å². The Morgan fingerprint density at radius 3 is 1.80 bits per heavy atom. The highest BCUT2D eigenvalue weighted by atomic mass is 19.2. The van der Waals surface area contributed by atoms with Crippen molar-refractivity contribution in [2.45, 2.75) is 24.8 Å². The third kappa shape index (κ3) is 5.63. The number of fused-ring (bicyclic) bond motifs is 3. The zero-order chi connectivity index (χ0) is 29.1. The average molecular weight is 568 g/mol. The second-order valence-corrected chi connectivity index (χ2v) is 9.37. The van der Waals surface area contributed by atoms with Gasteiger partial charge in [-0.25, -0.2) is 22.8 Å². The summed E-state index contributed by atoms with van der Waals surface area (Å²) in [6.07, 6.45) is -0.941. The molecule has 0 unspecified atom stereocenters. The minimum Gasteiger partial charge on any atom is -0.449 e. The molecule has 0 saturated carbocycles. The Kier molecular flexibility index (Phi) is 8.00. The van der Waals surface area contributed by atoms with Crippen LogP contribution < -0.4 is 10.1 Å². The van der Waals surface area contributed by atoms with Crippen molar-refractivity contribution in [2.24, 2.45) is 0 Å². The van der Waals surface area contributed by atoms with Crippen LogP contribution in [0.15, 0.2) is 78.9 Å². The van der Waals surface area contributed by atoms with E-state index < -0.39 is 52.9 Å². The van der Waals surface area contributed by atoms with E-state index in [4.69, 9.17) is 4.74 Å². The largest absolute Gasteiger partial charge is 0.449 e. The molecule has 4 aromatic rings. The molecule has 1 aliphatic carbocycles. The van der Waals surface area contributed by atoms with Crippen LogP contribution in [-0.2, 0) is 16.0 Å². The smallest absolute Gasteiger partial charge is 0.407 e. The van der Waals surface area contributed by atoms with E-state index in [2.05, 4.69) is 10.1 Å². The summed E-state index contributed by atoms with van der Waals surface area (Å²) in [4.78, 5) is 25.7. The van der Waals surface area contributed by atoms with Gasteiger partial charge in [-0.1, -0.05) is 78.9 Å². The van der Waals surface area contributed by atoms with Crippen LogP contribution in [0.5, 0.6) is 5.75 Å². The molecule has 0 radical (unpaired) electrons. The van der Waals surface area contributed by atoms with E-state index in [9.17, 15) is 31.5 Å². The molecule has 1 amide bonds. The quantitative estimate of drug-likeness (QED) is 0.0834. The summed E-state index contributed by atoms with van der Waals surface area (Å²) in [5.41, 5.74) is 4.67. The van der Waals surface area contributed by atoms with Crippen molar-refractivity contribution >= 4 is 12.1 Å². The number of ether oxygens (including phenoxy) is 2. The van der Waals surface area contributed by atoms with Gasteiger partial charge in [0, 0.05) is 5.92 Å². The summed E-state index contributed by atoms with van der Waals surface area (Å²) in [5.74, 6) is -15.0. The van der Waals surface area contributed by atoms with Gasteiger partial charge in [-0.3, -0.25) is 0 Å². The Morgan fingerprint density at radius 1 is 0.707 bits per heavy atom. The molecule has 1 aliphatic rings. The first-order valence-electron chi connectivity index (χ1n) is 12.6. The van der Waals surface area contributed by atoms with Crippen molar-refractivity contribution in [3.8, 4) is 16.9 Å². The zero-order valence-electron chi connectivity index (χ0n) is 21.3. The number of carbonyl (C=O) groups is 2. The van der Waals surface area contributed by atoms with Crippen molar-refractivity contribution in [1.29, 1.82) is 0 Å². The fourth-order valence-electron chi connectivity index (χ4n) is 4.83. The van der Waals surface area contributed by atoms with Gasteiger partial charge in [0.15, 0.2) is 0 Å². The number of benzene rings is 4. The summed E-state index contributed by atoms with van der Waals surface area (Å²) in [5, 5.41) is 2.32. The third-order valence-electron chi connectivity index (χ3n) is 6.86. The zero-order valence-corrected chi connectivity index (χ0v) is 21.3. The lowest BCUT2D eigenvalue weighted by Gasteiger charge is -2.19. The highest BCUT2D eigenvalue weighted by molar-refractivity contribution is 5.83. The van der Waals surface area contributed by atoms with Gasteiger partial charge in [-0.2, -0.15) is 8.78 Å². The van der Waals surface area contributed by atoms with Crippen molar-refractivity contribution in [3.63, 3.8) is 0 Å². The summed E-state index contributed by atoms with van der Waals surface area (Å²) in [7, 11) is 0. The van der Waals surface area contributed by atoms with Gasteiger partial charge in [0.05, 0.1) is 0 Å². The molecule has 0 saturated heterocycles. The van der Waals surface area contributed by atoms with Gasteiger partial charge in [-0.15, -0.1) is 0 Å². The molecule has 10 heteroatoms. The maximum atomic E-state index is 14.2. The first kappa shape index (κ1) is 27.8. The van der Waals surface area contributed by atoms with E-state index in [1.165, 1.54) is 0 Å². The van der Waals surface area contributed by atoms with Crippen LogP contribution in [0.1, 0.15) is 29.0 Å². The molecule has 1 N–H and O–H groups in total. The molecular formula is C31H22F5NO4. The van der Waals surface area contributed by atoms with Crippen LogP contribution in [0, 0.1) is 29.1 Å². The first-order valence-corrected chi connectivity index (χ1v) is 12.6. The molecule has 1 atom stereocenters. The number of nitrogens with one attached hydrogen (secondary N) is 1. The van der Waals surface area contributed by atoms with E-state index in [-0.39, 0.29) is 25.4 Å². The molecule has 0 aliphatic heterocycles. The predicted octanol–water partition coefficient (Wildman–Crippen LogP) is 6.83. The number of halogens is 5. The second-order valence-electron chi connectivity index (χ2n) is 9.37. The second kappa shape index (κ2) is 11.8. The van der Waals surface area contributed by atoms with Gasteiger partial charge >= 0.3 is 12.1 Å². The molecule has 210 valence electrons. The Labute approximate surface area is 231 Å². The highest BCUT2D eigenvalue weighted by Crippen LogP contribution is 2.44. The van der Waals surface area contributed by atoms with Crippen molar-refractivity contribution in [2.75, 3.05) is 6.61 Å². The highest BCUT2D eigenvalue weighted by Gasteiger charge is 2.33. The summed E-state index contributed by atoms with van der Waals surface area (Å²) >= 11 is 0. The van der Waals surface area contributed by atoms with Crippen LogP contribution in [0.25, 0.3) is 11.1 Å². The van der Waals surface area contributed by atoms with Crippen molar-refractivity contribution < 1.29 is 41.0 Å². The van der Waals surface area contributed by atoms with Gasteiger partial charge in [-0.05, 0) is 40.7 Å². The van der Waals surface area contributed by atoms with Crippen LogP contribution in [0.2, 0.25) is 0 Å². The van der Waals surface area contributed by atoms with E-state index >= 15 is 0 Å². The number of esters is 1. The van der Waals surface area contributed by atoms with Crippen LogP contribution in [0.3, 0.4) is 0 Å². The number of carbonyl (C=O) groups excluding carboxylic acids is 2. The van der Waals surface area contributed by atoms with Crippen LogP contribution in [-0.4, -0.2) is 24.7 Å². The molecule has 0 fully saturated rings. The lowest BCUT2D eigenvalue weighted by Crippen LogP contribution is -2.44. The van der Waals surface area contributed by atoms with E-state index in [0.29, 0.717) is 0 Å². The van der Waals surface area contributed by atoms with Crippen molar-refractivity contribution in [3.05, 3.63) is 125 Å². The Morgan fingerprint density at radius 2 is 1.22 bits per heavy atom. The fourth-order valence-corrected chi connectivity index (χ4v) is 4.83. The van der Waals surface area contributed by atoms with Gasteiger partial charge in [0.25, 0.3) is 0 Å². The Hall–Kier alpha value is -4.73. The molecule has 5 rings (SSSR count). The first-order chi connectivity index (χ1) is 19.8. The maximum Gasteiger partial charge on any atom is 0.407 e. The minimum absolute atomic E-state index is 0.0854. The topological polar surface area (TPSA) is 64.6 Å². The van der Waals surface area contributed by atoms with Crippen LogP contribution in [0.4, 0.5) is 26.7 Å². The molecule has 0 spiro atoms. The normalized spacial score (nSPS) is 12.8. The minimum atomic E-state index is -2.39. The van der Waals surface area contributed by atoms with Crippen molar-refractivity contribution in [1.82, 2.24) is 5.32 Å². The monoisotopic (exact) mass is 567 g/mol. The number of hydrogen-bond acceptors (Lipinski definition) is 4. The summed E-state index contributed by atoms with van der Waals surface area (Å²) < 4.78 is 79.1. The van der Waals surface area contributed by atoms with Crippen LogP contribution >= 0.6 is 0 Å².